The minimum absolute atomic E-state index is 0. The Kier molecular flexibility index (Phi) is 8.19. The van der Waals surface area contributed by atoms with Crippen molar-refractivity contribution >= 4 is 29.7 Å². The molecule has 1 aromatic rings. The smallest absolute Gasteiger partial charge is 0.220 e. The number of carbonyl (C=O) groups is 1. The standard InChI is InChI=1S/C15H24N2OS.ClH/c16-14(12-8-9-12)11-17-15(18)7-3-1-2-5-13-6-4-10-19-13;/h4,6,10,12,14H,1-3,5,7-9,11,16H2,(H,17,18);1H. The van der Waals surface area contributed by atoms with E-state index < -0.39 is 0 Å². The summed E-state index contributed by atoms with van der Waals surface area (Å²) in [6.07, 6.45) is 7.54. The zero-order valence-electron chi connectivity index (χ0n) is 11.8. The van der Waals surface area contributed by atoms with E-state index >= 15 is 0 Å². The van der Waals surface area contributed by atoms with Crippen molar-refractivity contribution in [2.45, 2.75) is 51.0 Å². The largest absolute Gasteiger partial charge is 0.355 e. The van der Waals surface area contributed by atoms with Gasteiger partial charge in [-0.1, -0.05) is 12.5 Å². The minimum Gasteiger partial charge on any atom is -0.355 e. The molecule has 20 heavy (non-hydrogen) atoms. The summed E-state index contributed by atoms with van der Waals surface area (Å²) < 4.78 is 0. The Bertz CT molecular complexity index is 379. The molecule has 0 spiro atoms. The van der Waals surface area contributed by atoms with Crippen LogP contribution in [0.2, 0.25) is 0 Å². The van der Waals surface area contributed by atoms with Crippen LogP contribution in [0.25, 0.3) is 0 Å². The lowest BCUT2D eigenvalue weighted by atomic mass is 10.1. The molecule has 0 radical (unpaired) electrons. The Morgan fingerprint density at radius 2 is 2.20 bits per heavy atom. The van der Waals surface area contributed by atoms with Crippen LogP contribution in [0.15, 0.2) is 17.5 Å². The molecule has 1 aromatic heterocycles. The Morgan fingerprint density at radius 3 is 2.85 bits per heavy atom. The number of carbonyl (C=O) groups excluding carboxylic acids is 1. The summed E-state index contributed by atoms with van der Waals surface area (Å²) in [5.74, 6) is 0.818. The summed E-state index contributed by atoms with van der Waals surface area (Å²) in [4.78, 5) is 13.1. The van der Waals surface area contributed by atoms with Crippen LogP contribution in [0.3, 0.4) is 0 Å². The first-order valence-electron chi connectivity index (χ1n) is 7.30. The van der Waals surface area contributed by atoms with Crippen LogP contribution >= 0.6 is 23.7 Å². The number of nitrogens with two attached hydrogens (primary N) is 1. The van der Waals surface area contributed by atoms with Crippen molar-refractivity contribution < 1.29 is 4.79 Å². The number of hydrogen-bond acceptors (Lipinski definition) is 3. The molecule has 2 rings (SSSR count). The molecule has 0 saturated heterocycles. The van der Waals surface area contributed by atoms with Gasteiger partial charge in [-0.05, 0) is 49.5 Å². The average Bonchev–Trinajstić information content (AvgIpc) is 3.13. The first kappa shape index (κ1) is 17.5. The lowest BCUT2D eigenvalue weighted by Crippen LogP contribution is -2.38. The maximum absolute atomic E-state index is 11.6. The molecule has 1 aliphatic rings. The Morgan fingerprint density at radius 1 is 1.40 bits per heavy atom. The van der Waals surface area contributed by atoms with E-state index in [0.717, 1.165) is 19.3 Å². The van der Waals surface area contributed by atoms with Crippen molar-refractivity contribution in [1.29, 1.82) is 0 Å². The number of unbranched alkanes of at least 4 members (excludes halogenated alkanes) is 2. The molecule has 3 N–H and O–H groups in total. The highest BCUT2D eigenvalue weighted by Gasteiger charge is 2.28. The van der Waals surface area contributed by atoms with Gasteiger partial charge < -0.3 is 11.1 Å². The van der Waals surface area contributed by atoms with Crippen molar-refractivity contribution in [3.63, 3.8) is 0 Å². The molecule has 1 fully saturated rings. The first-order chi connectivity index (χ1) is 9.25. The van der Waals surface area contributed by atoms with Gasteiger partial charge in [-0.15, -0.1) is 23.7 Å². The van der Waals surface area contributed by atoms with E-state index in [4.69, 9.17) is 5.73 Å². The highest BCUT2D eigenvalue weighted by atomic mass is 35.5. The molecule has 1 aliphatic carbocycles. The van der Waals surface area contributed by atoms with E-state index in [1.165, 1.54) is 24.1 Å². The van der Waals surface area contributed by atoms with Crippen LogP contribution in [-0.4, -0.2) is 18.5 Å². The molecular weight excluding hydrogens is 292 g/mol. The van der Waals surface area contributed by atoms with E-state index in [1.54, 1.807) is 0 Å². The topological polar surface area (TPSA) is 55.1 Å². The molecule has 114 valence electrons. The molecule has 0 bridgehead atoms. The van der Waals surface area contributed by atoms with Gasteiger partial charge in [0.2, 0.25) is 5.91 Å². The number of aryl methyl sites for hydroxylation is 1. The van der Waals surface area contributed by atoms with Crippen molar-refractivity contribution in [2.75, 3.05) is 6.54 Å². The molecule has 3 nitrogen and oxygen atoms in total. The van der Waals surface area contributed by atoms with Crippen LogP contribution in [0, 0.1) is 5.92 Å². The molecule has 5 heteroatoms. The summed E-state index contributed by atoms with van der Waals surface area (Å²) >= 11 is 1.81. The second-order valence-corrected chi connectivity index (χ2v) is 6.48. The second-order valence-electron chi connectivity index (χ2n) is 5.45. The summed E-state index contributed by atoms with van der Waals surface area (Å²) in [6, 6.07) is 4.44. The van der Waals surface area contributed by atoms with E-state index in [0.29, 0.717) is 18.9 Å². The molecule has 1 atom stereocenters. The zero-order valence-corrected chi connectivity index (χ0v) is 13.5. The Balaban J connectivity index is 0.00000200. The third-order valence-electron chi connectivity index (χ3n) is 3.67. The molecule has 1 saturated carbocycles. The number of amides is 1. The first-order valence-corrected chi connectivity index (χ1v) is 8.18. The number of hydrogen-bond donors (Lipinski definition) is 2. The summed E-state index contributed by atoms with van der Waals surface area (Å²) in [5, 5.41) is 5.06. The SMILES string of the molecule is Cl.NC(CNC(=O)CCCCCc1cccs1)C1CC1. The fraction of sp³-hybridized carbons (Fsp3) is 0.667. The van der Waals surface area contributed by atoms with E-state index in [-0.39, 0.29) is 24.4 Å². The normalized spacial score (nSPS) is 15.4. The van der Waals surface area contributed by atoms with Crippen molar-refractivity contribution in [1.82, 2.24) is 5.32 Å². The number of nitrogens with one attached hydrogen (secondary N) is 1. The van der Waals surface area contributed by atoms with E-state index in [9.17, 15) is 4.79 Å². The summed E-state index contributed by atoms with van der Waals surface area (Å²) in [7, 11) is 0. The Labute approximate surface area is 131 Å². The van der Waals surface area contributed by atoms with Crippen LogP contribution in [0.4, 0.5) is 0 Å². The minimum atomic E-state index is 0. The van der Waals surface area contributed by atoms with Crippen LogP contribution < -0.4 is 11.1 Å². The van der Waals surface area contributed by atoms with Crippen molar-refractivity contribution in [3.05, 3.63) is 22.4 Å². The van der Waals surface area contributed by atoms with Crippen LogP contribution in [0.1, 0.15) is 43.4 Å². The van der Waals surface area contributed by atoms with Gasteiger partial charge in [0.25, 0.3) is 0 Å². The van der Waals surface area contributed by atoms with Crippen LogP contribution in [-0.2, 0) is 11.2 Å². The second kappa shape index (κ2) is 9.37. The molecule has 1 heterocycles. The number of thiophene rings is 1. The number of halogens is 1. The molecular formula is C15H25ClN2OS. The average molecular weight is 317 g/mol. The Hall–Kier alpha value is -0.580. The molecule has 1 unspecified atom stereocenters. The maximum atomic E-state index is 11.6. The summed E-state index contributed by atoms with van der Waals surface area (Å²) in [5.41, 5.74) is 5.94. The van der Waals surface area contributed by atoms with Gasteiger partial charge in [-0.25, -0.2) is 0 Å². The van der Waals surface area contributed by atoms with Crippen molar-refractivity contribution in [3.8, 4) is 0 Å². The predicted molar refractivity (Wildman–Crippen MR) is 87.4 cm³/mol. The van der Waals surface area contributed by atoms with E-state index in [2.05, 4.69) is 22.8 Å². The van der Waals surface area contributed by atoms with Gasteiger partial charge in [0.1, 0.15) is 0 Å². The highest BCUT2D eigenvalue weighted by molar-refractivity contribution is 7.09. The molecule has 0 aromatic carbocycles. The van der Waals surface area contributed by atoms with Gasteiger partial charge in [-0.2, -0.15) is 0 Å². The highest BCUT2D eigenvalue weighted by Crippen LogP contribution is 2.31. The number of rotatable bonds is 9. The maximum Gasteiger partial charge on any atom is 0.220 e. The van der Waals surface area contributed by atoms with E-state index in [1.807, 2.05) is 11.3 Å². The van der Waals surface area contributed by atoms with Gasteiger partial charge in [0.15, 0.2) is 0 Å². The monoisotopic (exact) mass is 316 g/mol. The third kappa shape index (κ3) is 6.73. The third-order valence-corrected chi connectivity index (χ3v) is 4.61. The molecule has 1 amide bonds. The van der Waals surface area contributed by atoms with Crippen LogP contribution in [0.5, 0.6) is 0 Å². The fourth-order valence-electron chi connectivity index (χ4n) is 2.23. The summed E-state index contributed by atoms with van der Waals surface area (Å²) in [6.45, 7) is 0.651. The zero-order chi connectivity index (χ0) is 13.5. The van der Waals surface area contributed by atoms with Gasteiger partial charge in [0.05, 0.1) is 0 Å². The van der Waals surface area contributed by atoms with Crippen molar-refractivity contribution in [2.24, 2.45) is 11.7 Å². The lowest BCUT2D eigenvalue weighted by molar-refractivity contribution is -0.121. The molecule has 0 aliphatic heterocycles. The lowest BCUT2D eigenvalue weighted by Gasteiger charge is -2.11. The predicted octanol–water partition coefficient (Wildman–Crippen LogP) is 3.13. The fourth-order valence-corrected chi connectivity index (χ4v) is 2.98. The van der Waals surface area contributed by atoms with Gasteiger partial charge in [0, 0.05) is 23.9 Å². The van der Waals surface area contributed by atoms with Gasteiger partial charge in [-0.3, -0.25) is 4.79 Å². The quantitative estimate of drug-likeness (QED) is 0.688. The van der Waals surface area contributed by atoms with Gasteiger partial charge >= 0.3 is 0 Å².